The molecule has 0 aliphatic heterocycles. The van der Waals surface area contributed by atoms with Crippen LogP contribution < -0.4 is 56.8 Å². The maximum atomic E-state index is 12.1. The van der Waals surface area contributed by atoms with Gasteiger partial charge in [-0.05, 0) is 6.07 Å². The van der Waals surface area contributed by atoms with Crippen LogP contribution in [0.3, 0.4) is 0 Å². The zero-order valence-corrected chi connectivity index (χ0v) is 10.5. The fraction of sp³-hybridized carbons (Fsp3) is 0. The maximum Gasteiger partial charge on any atom is 1.00 e. The molecule has 1 aromatic rings. The topological polar surface area (TPSA) is 37.3 Å². The second-order valence-corrected chi connectivity index (χ2v) is 2.51. The molecular weight excluding hydrogens is 223 g/mol. The molecule has 0 aliphatic rings. The molecule has 0 fully saturated rings. The van der Waals surface area contributed by atoms with Gasteiger partial charge in [-0.1, -0.05) is 12.1 Å². The molecule has 1 aromatic carbocycles. The van der Waals surface area contributed by atoms with E-state index in [1.807, 2.05) is 0 Å². The predicted molar refractivity (Wildman–Crippen MR) is 42.2 cm³/mol. The molecule has 7 heteroatoms. The van der Waals surface area contributed by atoms with Gasteiger partial charge in [-0.15, -0.1) is 5.46 Å². The summed E-state index contributed by atoms with van der Waals surface area (Å²) in [6.45, 7) is -5.12. The first-order valence-electron chi connectivity index (χ1n) is 3.43. The predicted octanol–water partition coefficient (Wildman–Crippen LogP) is -1.74. The fourth-order valence-electron chi connectivity index (χ4n) is 0.864. The number of hydrogen-bond donors (Lipinski definition) is 1. The molecular formula is C7H5BF3KO2. The van der Waals surface area contributed by atoms with Crippen LogP contribution >= 0.6 is 0 Å². The molecule has 0 spiro atoms. The van der Waals surface area contributed by atoms with E-state index >= 15 is 0 Å². The van der Waals surface area contributed by atoms with Gasteiger partial charge in [0.15, 0.2) is 6.29 Å². The van der Waals surface area contributed by atoms with E-state index in [0.29, 0.717) is 12.4 Å². The Morgan fingerprint density at radius 1 is 1.29 bits per heavy atom. The Bertz CT molecular complexity index is 340. The van der Waals surface area contributed by atoms with Gasteiger partial charge in [-0.25, -0.2) is 0 Å². The monoisotopic (exact) mass is 228 g/mol. The summed E-state index contributed by atoms with van der Waals surface area (Å²) >= 11 is 0. The molecule has 0 aliphatic carbocycles. The van der Waals surface area contributed by atoms with E-state index in [-0.39, 0.29) is 56.9 Å². The van der Waals surface area contributed by atoms with Gasteiger partial charge in [0, 0.05) is 0 Å². The average Bonchev–Trinajstić information content (AvgIpc) is 2.02. The zero-order valence-electron chi connectivity index (χ0n) is 7.38. The SMILES string of the molecule is O=Cc1ccc([B-](F)(F)F)cc1O.[K+]. The molecule has 0 radical (unpaired) electrons. The number of phenols is 1. The molecule has 0 unspecified atom stereocenters. The minimum Gasteiger partial charge on any atom is -0.507 e. The summed E-state index contributed by atoms with van der Waals surface area (Å²) in [5, 5.41) is 8.93. The van der Waals surface area contributed by atoms with Crippen LogP contribution in [-0.4, -0.2) is 18.4 Å². The minimum atomic E-state index is -5.12. The Balaban J connectivity index is 0.00000169. The largest absolute Gasteiger partial charge is 1.00 e. The number of aromatic hydroxyl groups is 1. The van der Waals surface area contributed by atoms with Gasteiger partial charge in [-0.2, -0.15) is 0 Å². The summed E-state index contributed by atoms with van der Waals surface area (Å²) in [6.07, 6.45) is 0.294. The van der Waals surface area contributed by atoms with Crippen molar-refractivity contribution in [3.05, 3.63) is 23.8 Å². The van der Waals surface area contributed by atoms with Crippen LogP contribution in [0.15, 0.2) is 18.2 Å². The summed E-state index contributed by atoms with van der Waals surface area (Å²) in [5.41, 5.74) is -1.06. The maximum absolute atomic E-state index is 12.1. The van der Waals surface area contributed by atoms with E-state index in [9.17, 15) is 17.7 Å². The Morgan fingerprint density at radius 2 is 1.86 bits per heavy atom. The minimum absolute atomic E-state index is 0. The van der Waals surface area contributed by atoms with Crippen LogP contribution in [0.4, 0.5) is 12.9 Å². The van der Waals surface area contributed by atoms with Crippen molar-refractivity contribution in [2.24, 2.45) is 0 Å². The number of hydrogen-bond acceptors (Lipinski definition) is 2. The van der Waals surface area contributed by atoms with Gasteiger partial charge in [0.05, 0.1) is 5.56 Å². The van der Waals surface area contributed by atoms with Crippen molar-refractivity contribution in [2.75, 3.05) is 0 Å². The van der Waals surface area contributed by atoms with Crippen LogP contribution in [0, 0.1) is 0 Å². The number of halogens is 3. The van der Waals surface area contributed by atoms with Crippen LogP contribution in [0.5, 0.6) is 5.75 Å². The van der Waals surface area contributed by atoms with Crippen LogP contribution in [0.2, 0.25) is 0 Å². The number of carbonyl (C=O) groups is 1. The molecule has 14 heavy (non-hydrogen) atoms. The van der Waals surface area contributed by atoms with Crippen LogP contribution in [0.1, 0.15) is 10.4 Å². The normalized spacial score (nSPS) is 10.5. The van der Waals surface area contributed by atoms with E-state index in [0.717, 1.165) is 12.1 Å². The molecule has 0 bridgehead atoms. The molecule has 0 saturated carbocycles. The summed E-state index contributed by atoms with van der Waals surface area (Å²) in [5.74, 6) is -0.647. The summed E-state index contributed by atoms with van der Waals surface area (Å²) < 4.78 is 36.2. The molecule has 0 heterocycles. The van der Waals surface area contributed by atoms with Crippen molar-refractivity contribution >= 4 is 18.7 Å². The fourth-order valence-corrected chi connectivity index (χ4v) is 0.864. The van der Waals surface area contributed by atoms with Crippen molar-refractivity contribution in [2.45, 2.75) is 0 Å². The van der Waals surface area contributed by atoms with E-state index in [1.54, 1.807) is 0 Å². The molecule has 1 N–H and O–H groups in total. The third-order valence-electron chi connectivity index (χ3n) is 1.56. The van der Waals surface area contributed by atoms with Gasteiger partial charge in [0.2, 0.25) is 0 Å². The number of aldehydes is 1. The smallest absolute Gasteiger partial charge is 0.507 e. The average molecular weight is 228 g/mol. The van der Waals surface area contributed by atoms with E-state index in [4.69, 9.17) is 5.11 Å². The first kappa shape index (κ1) is 14.2. The number of benzene rings is 1. The molecule has 70 valence electrons. The van der Waals surface area contributed by atoms with Gasteiger partial charge in [0.1, 0.15) is 5.75 Å². The number of phenolic OH excluding ortho intramolecular Hbond substituents is 1. The Labute approximate surface area is 121 Å². The van der Waals surface area contributed by atoms with Crippen molar-refractivity contribution in [3.8, 4) is 5.75 Å². The van der Waals surface area contributed by atoms with E-state index in [2.05, 4.69) is 0 Å². The Morgan fingerprint density at radius 3 is 2.21 bits per heavy atom. The molecule has 1 rings (SSSR count). The van der Waals surface area contributed by atoms with Crippen molar-refractivity contribution in [3.63, 3.8) is 0 Å². The summed E-state index contributed by atoms with van der Waals surface area (Å²) in [6, 6.07) is 2.25. The van der Waals surface area contributed by atoms with Crippen molar-refractivity contribution < 1.29 is 74.2 Å². The quantitative estimate of drug-likeness (QED) is 0.482. The van der Waals surface area contributed by atoms with Gasteiger partial charge in [-0.3, -0.25) is 4.79 Å². The molecule has 0 saturated heterocycles. The van der Waals surface area contributed by atoms with Gasteiger partial charge >= 0.3 is 58.4 Å². The zero-order chi connectivity index (χ0) is 10.1. The second kappa shape index (κ2) is 5.32. The van der Waals surface area contributed by atoms with Crippen LogP contribution in [-0.2, 0) is 0 Å². The molecule has 0 amide bonds. The summed E-state index contributed by atoms with van der Waals surface area (Å²) in [4.78, 5) is 10.2. The van der Waals surface area contributed by atoms with Crippen molar-refractivity contribution in [1.29, 1.82) is 0 Å². The Hall–Kier alpha value is 0.181. The van der Waals surface area contributed by atoms with Gasteiger partial charge in [0.25, 0.3) is 0 Å². The number of carbonyl (C=O) groups excluding carboxylic acids is 1. The van der Waals surface area contributed by atoms with Crippen molar-refractivity contribution in [1.82, 2.24) is 0 Å². The van der Waals surface area contributed by atoms with E-state index < -0.39 is 18.2 Å². The van der Waals surface area contributed by atoms with Gasteiger partial charge < -0.3 is 18.1 Å². The molecule has 0 atom stereocenters. The second-order valence-electron chi connectivity index (χ2n) is 2.51. The first-order chi connectivity index (χ1) is 5.95. The number of rotatable bonds is 2. The molecule has 0 aromatic heterocycles. The van der Waals surface area contributed by atoms with E-state index in [1.165, 1.54) is 0 Å². The first-order valence-corrected chi connectivity index (χ1v) is 3.43. The molecule has 2 nitrogen and oxygen atoms in total. The third-order valence-corrected chi connectivity index (χ3v) is 1.56. The van der Waals surface area contributed by atoms with Crippen LogP contribution in [0.25, 0.3) is 0 Å². The third kappa shape index (κ3) is 3.39. The summed E-state index contributed by atoms with van der Waals surface area (Å²) in [7, 11) is 0. The standard InChI is InChI=1S/C7H5BF3O2.K/c9-8(10,11)6-2-1-5(4-12)7(13)3-6;/h1-4,13H;/q-1;+1. The Kier molecular flexibility index (Phi) is 5.38.